The topological polar surface area (TPSA) is 105 Å². The van der Waals surface area contributed by atoms with Gasteiger partial charge in [-0.15, -0.1) is 0 Å². The first kappa shape index (κ1) is 29.0. The maximum absolute atomic E-state index is 13.9. The molecule has 2 amide bonds. The quantitative estimate of drug-likeness (QED) is 0.455. The van der Waals surface area contributed by atoms with Crippen molar-refractivity contribution >= 4 is 39.1 Å². The van der Waals surface area contributed by atoms with Crippen molar-refractivity contribution in [2.24, 2.45) is 0 Å². The lowest BCUT2D eigenvalue weighted by Crippen LogP contribution is -2.53. The third kappa shape index (κ3) is 7.16. The zero-order valence-electron chi connectivity index (χ0n) is 22.4. The van der Waals surface area contributed by atoms with Crippen molar-refractivity contribution in [1.82, 2.24) is 10.2 Å². The summed E-state index contributed by atoms with van der Waals surface area (Å²) in [6, 6.07) is 11.1. The smallest absolute Gasteiger partial charge is 0.244 e. The van der Waals surface area contributed by atoms with Gasteiger partial charge in [0.1, 0.15) is 25.8 Å². The Morgan fingerprint density at radius 1 is 1.05 bits per heavy atom. The minimum Gasteiger partial charge on any atom is -0.486 e. The molecule has 4 rings (SSSR count). The molecule has 1 aliphatic heterocycles. The molecule has 2 aromatic carbocycles. The van der Waals surface area contributed by atoms with Crippen LogP contribution >= 0.6 is 11.6 Å². The van der Waals surface area contributed by atoms with Crippen LogP contribution in [0.25, 0.3) is 0 Å². The predicted molar refractivity (Wildman–Crippen MR) is 151 cm³/mol. The highest BCUT2D eigenvalue weighted by Gasteiger charge is 2.32. The van der Waals surface area contributed by atoms with E-state index in [1.54, 1.807) is 49.4 Å². The normalized spacial score (nSPS) is 16.3. The number of nitrogens with one attached hydrogen (secondary N) is 1. The minimum absolute atomic E-state index is 0.0545. The van der Waals surface area contributed by atoms with Gasteiger partial charge in [0, 0.05) is 23.7 Å². The Bertz CT molecular complexity index is 1280. The van der Waals surface area contributed by atoms with Gasteiger partial charge in [-0.05, 0) is 50.5 Å². The van der Waals surface area contributed by atoms with E-state index < -0.39 is 28.5 Å². The molecule has 1 N–H and O–H groups in total. The van der Waals surface area contributed by atoms with Gasteiger partial charge in [0.05, 0.1) is 11.4 Å². The van der Waals surface area contributed by atoms with Crippen LogP contribution in [-0.2, 0) is 26.2 Å². The van der Waals surface area contributed by atoms with Crippen molar-refractivity contribution in [3.63, 3.8) is 0 Å². The van der Waals surface area contributed by atoms with Gasteiger partial charge in [-0.3, -0.25) is 13.9 Å². The highest BCUT2D eigenvalue weighted by molar-refractivity contribution is 7.92. The van der Waals surface area contributed by atoms with E-state index in [4.69, 9.17) is 21.1 Å². The Morgan fingerprint density at radius 2 is 1.74 bits per heavy atom. The van der Waals surface area contributed by atoms with Crippen LogP contribution in [0.2, 0.25) is 5.02 Å². The fraction of sp³-hybridized carbons (Fsp3) is 0.500. The summed E-state index contributed by atoms with van der Waals surface area (Å²) in [5.41, 5.74) is 0.945. The van der Waals surface area contributed by atoms with Crippen LogP contribution in [0.4, 0.5) is 5.69 Å². The van der Waals surface area contributed by atoms with Crippen LogP contribution in [0.1, 0.15) is 51.5 Å². The second-order valence-electron chi connectivity index (χ2n) is 9.87. The molecule has 0 bridgehead atoms. The van der Waals surface area contributed by atoms with E-state index in [2.05, 4.69) is 5.32 Å². The molecule has 0 spiro atoms. The standard InChI is InChI=1S/C28H36ClN3O6S/c1-3-39(35,36)32(23-13-14-25-26(17-23)38-16-15-37-25)19-27(33)31(18-21-9-7-8-12-24(21)29)20(2)28(34)30-22-10-5-4-6-11-22/h7-9,12-14,17,20,22H,3-6,10-11,15-16,18-19H2,1-2H3,(H,30,34)/t20-/m0/s1. The van der Waals surface area contributed by atoms with E-state index in [0.717, 1.165) is 36.4 Å². The molecule has 9 nitrogen and oxygen atoms in total. The van der Waals surface area contributed by atoms with Crippen LogP contribution in [0, 0.1) is 0 Å². The third-order valence-electron chi connectivity index (χ3n) is 7.21. The molecule has 212 valence electrons. The highest BCUT2D eigenvalue weighted by atomic mass is 35.5. The predicted octanol–water partition coefficient (Wildman–Crippen LogP) is 4.13. The Balaban J connectivity index is 1.62. The Kier molecular flexibility index (Phi) is 9.61. The van der Waals surface area contributed by atoms with E-state index >= 15 is 0 Å². The van der Waals surface area contributed by atoms with Crippen LogP contribution in [0.3, 0.4) is 0 Å². The SMILES string of the molecule is CCS(=O)(=O)N(CC(=O)N(Cc1ccccc1Cl)[C@@H](C)C(=O)NC1CCCCC1)c1ccc2c(c1)OCCO2. The largest absolute Gasteiger partial charge is 0.486 e. The zero-order valence-corrected chi connectivity index (χ0v) is 24.0. The molecule has 0 aromatic heterocycles. The van der Waals surface area contributed by atoms with Gasteiger partial charge in [-0.25, -0.2) is 8.42 Å². The molecule has 39 heavy (non-hydrogen) atoms. The van der Waals surface area contributed by atoms with Crippen molar-refractivity contribution in [2.45, 2.75) is 64.6 Å². The molecule has 1 atom stereocenters. The van der Waals surface area contributed by atoms with E-state index in [0.29, 0.717) is 35.3 Å². The number of carbonyl (C=O) groups excluding carboxylic acids is 2. The number of hydrogen-bond acceptors (Lipinski definition) is 6. The lowest BCUT2D eigenvalue weighted by Gasteiger charge is -2.33. The molecular weight excluding hydrogens is 542 g/mol. The Hall–Kier alpha value is -2.98. The van der Waals surface area contributed by atoms with Gasteiger partial charge >= 0.3 is 0 Å². The Morgan fingerprint density at radius 3 is 2.44 bits per heavy atom. The van der Waals surface area contributed by atoms with E-state index in [1.807, 2.05) is 0 Å². The lowest BCUT2D eigenvalue weighted by molar-refractivity contribution is -0.139. The summed E-state index contributed by atoms with van der Waals surface area (Å²) in [5.74, 6) is -0.0782. The molecule has 0 unspecified atom stereocenters. The number of ether oxygens (including phenoxy) is 2. The number of fused-ring (bicyclic) bond motifs is 1. The molecule has 1 fully saturated rings. The summed E-state index contributed by atoms with van der Waals surface area (Å²) >= 11 is 6.41. The zero-order chi connectivity index (χ0) is 28.0. The van der Waals surface area contributed by atoms with Crippen LogP contribution in [0.15, 0.2) is 42.5 Å². The molecule has 11 heteroatoms. The number of rotatable bonds is 10. The number of sulfonamides is 1. The maximum Gasteiger partial charge on any atom is 0.244 e. The molecule has 1 saturated carbocycles. The second-order valence-corrected chi connectivity index (χ2v) is 12.5. The third-order valence-corrected chi connectivity index (χ3v) is 9.32. The first-order chi connectivity index (χ1) is 18.7. The Labute approximate surface area is 235 Å². The fourth-order valence-corrected chi connectivity index (χ4v) is 6.12. The van der Waals surface area contributed by atoms with E-state index in [1.165, 1.54) is 11.8 Å². The summed E-state index contributed by atoms with van der Waals surface area (Å²) in [5, 5.41) is 3.55. The number of halogens is 1. The summed E-state index contributed by atoms with van der Waals surface area (Å²) in [4.78, 5) is 28.6. The summed E-state index contributed by atoms with van der Waals surface area (Å²) < 4.78 is 38.6. The lowest BCUT2D eigenvalue weighted by atomic mass is 9.95. The van der Waals surface area contributed by atoms with Gasteiger partial charge in [-0.2, -0.15) is 0 Å². The van der Waals surface area contributed by atoms with Crippen LogP contribution < -0.4 is 19.1 Å². The monoisotopic (exact) mass is 577 g/mol. The molecule has 1 aliphatic carbocycles. The number of amides is 2. The summed E-state index contributed by atoms with van der Waals surface area (Å²) in [6.45, 7) is 3.50. The fourth-order valence-electron chi connectivity index (χ4n) is 4.87. The van der Waals surface area contributed by atoms with Gasteiger partial charge in [0.2, 0.25) is 21.8 Å². The van der Waals surface area contributed by atoms with Crippen molar-refractivity contribution < 1.29 is 27.5 Å². The van der Waals surface area contributed by atoms with Crippen LogP contribution in [-0.4, -0.2) is 62.7 Å². The van der Waals surface area contributed by atoms with E-state index in [-0.39, 0.29) is 29.9 Å². The van der Waals surface area contributed by atoms with Gasteiger partial charge < -0.3 is 19.7 Å². The van der Waals surface area contributed by atoms with Crippen LogP contribution in [0.5, 0.6) is 11.5 Å². The molecule has 2 aliphatic rings. The molecule has 2 aromatic rings. The highest BCUT2D eigenvalue weighted by Crippen LogP contribution is 2.35. The van der Waals surface area contributed by atoms with Gasteiger partial charge in [0.15, 0.2) is 11.5 Å². The molecular formula is C28H36ClN3O6S. The molecule has 0 saturated heterocycles. The first-order valence-corrected chi connectivity index (χ1v) is 15.4. The van der Waals surface area contributed by atoms with Crippen molar-refractivity contribution in [2.75, 3.05) is 29.8 Å². The number of benzene rings is 2. The summed E-state index contributed by atoms with van der Waals surface area (Å²) in [7, 11) is -3.86. The van der Waals surface area contributed by atoms with Crippen molar-refractivity contribution in [3.8, 4) is 11.5 Å². The maximum atomic E-state index is 13.9. The second kappa shape index (κ2) is 12.9. The molecule has 1 heterocycles. The number of nitrogens with zero attached hydrogens (tertiary/aromatic N) is 2. The van der Waals surface area contributed by atoms with Crippen molar-refractivity contribution in [1.29, 1.82) is 0 Å². The summed E-state index contributed by atoms with van der Waals surface area (Å²) in [6.07, 6.45) is 5.08. The first-order valence-electron chi connectivity index (χ1n) is 13.4. The number of carbonyl (C=O) groups is 2. The van der Waals surface area contributed by atoms with E-state index in [9.17, 15) is 18.0 Å². The van der Waals surface area contributed by atoms with Crippen molar-refractivity contribution in [3.05, 3.63) is 53.1 Å². The average Bonchev–Trinajstić information content (AvgIpc) is 2.95. The number of hydrogen-bond donors (Lipinski definition) is 1. The van der Waals surface area contributed by atoms with Gasteiger partial charge in [0.25, 0.3) is 0 Å². The van der Waals surface area contributed by atoms with Gasteiger partial charge in [-0.1, -0.05) is 49.1 Å². The average molecular weight is 578 g/mol. The molecule has 0 radical (unpaired) electrons. The number of anilines is 1. The minimum atomic E-state index is -3.86.